The number of hydrogen-bond donors (Lipinski definition) is 2. The summed E-state index contributed by atoms with van der Waals surface area (Å²) in [5.74, 6) is -1.02. The molecule has 0 bridgehead atoms. The van der Waals surface area contributed by atoms with Crippen LogP contribution in [-0.4, -0.2) is 10.9 Å². The number of carbonyl (C=O) groups excluding carboxylic acids is 1. The van der Waals surface area contributed by atoms with Gasteiger partial charge in [-0.2, -0.15) is 0 Å². The molecular weight excluding hydrogens is 237 g/mol. The first-order valence-electron chi connectivity index (χ1n) is 5.05. The molecule has 2 rings (SSSR count). The zero-order chi connectivity index (χ0) is 13.1. The van der Waals surface area contributed by atoms with Crippen LogP contribution >= 0.6 is 0 Å². The zero-order valence-electron chi connectivity index (χ0n) is 9.26. The van der Waals surface area contributed by atoms with Gasteiger partial charge in [-0.25, -0.2) is 9.37 Å². The maximum Gasteiger partial charge on any atom is 0.250 e. The molecule has 1 heterocycles. The number of pyridine rings is 1. The highest BCUT2D eigenvalue weighted by Crippen LogP contribution is 2.24. The van der Waals surface area contributed by atoms with Gasteiger partial charge < -0.3 is 16.2 Å². The van der Waals surface area contributed by atoms with Crippen LogP contribution in [0.25, 0.3) is 0 Å². The Morgan fingerprint density at radius 3 is 2.61 bits per heavy atom. The zero-order valence-corrected chi connectivity index (χ0v) is 9.26. The van der Waals surface area contributed by atoms with Gasteiger partial charge in [-0.05, 0) is 18.2 Å². The van der Waals surface area contributed by atoms with Crippen molar-refractivity contribution in [2.45, 2.75) is 0 Å². The number of halogens is 1. The van der Waals surface area contributed by atoms with Crippen LogP contribution < -0.4 is 16.2 Å². The number of carbonyl (C=O) groups is 1. The summed E-state index contributed by atoms with van der Waals surface area (Å²) in [6, 6.07) is 6.92. The second-order valence-electron chi connectivity index (χ2n) is 3.54. The first-order valence-corrected chi connectivity index (χ1v) is 5.05. The van der Waals surface area contributed by atoms with Gasteiger partial charge in [0.15, 0.2) is 11.6 Å². The maximum absolute atomic E-state index is 13.4. The number of nitrogen functional groups attached to an aromatic ring is 1. The summed E-state index contributed by atoms with van der Waals surface area (Å²) in [4.78, 5) is 14.7. The van der Waals surface area contributed by atoms with E-state index in [9.17, 15) is 9.18 Å². The second-order valence-corrected chi connectivity index (χ2v) is 3.54. The Hall–Kier alpha value is -2.63. The van der Waals surface area contributed by atoms with E-state index < -0.39 is 11.7 Å². The number of primary amides is 1. The summed E-state index contributed by atoms with van der Waals surface area (Å²) in [5.41, 5.74) is 11.0. The maximum atomic E-state index is 13.4. The first kappa shape index (κ1) is 11.8. The topological polar surface area (TPSA) is 91.2 Å². The van der Waals surface area contributed by atoms with Crippen molar-refractivity contribution in [3.05, 3.63) is 47.9 Å². The molecule has 1 amide bonds. The van der Waals surface area contributed by atoms with E-state index in [1.54, 1.807) is 0 Å². The van der Waals surface area contributed by atoms with Gasteiger partial charge in [0.1, 0.15) is 0 Å². The lowest BCUT2D eigenvalue weighted by atomic mass is 10.3. The lowest BCUT2D eigenvalue weighted by molar-refractivity contribution is 0.1000. The van der Waals surface area contributed by atoms with Crippen LogP contribution in [0.5, 0.6) is 11.6 Å². The van der Waals surface area contributed by atoms with Crippen LogP contribution in [0.4, 0.5) is 10.1 Å². The molecule has 0 fully saturated rings. The fraction of sp³-hybridized carbons (Fsp3) is 0. The Balaban J connectivity index is 2.21. The van der Waals surface area contributed by atoms with E-state index in [4.69, 9.17) is 16.2 Å². The molecule has 1 aromatic heterocycles. The fourth-order valence-corrected chi connectivity index (χ4v) is 1.30. The number of amides is 1. The first-order chi connectivity index (χ1) is 8.56. The molecule has 1 aromatic carbocycles. The van der Waals surface area contributed by atoms with E-state index in [1.165, 1.54) is 30.5 Å². The molecule has 92 valence electrons. The Morgan fingerprint density at radius 1 is 1.28 bits per heavy atom. The molecule has 0 aliphatic heterocycles. The summed E-state index contributed by atoms with van der Waals surface area (Å²) >= 11 is 0. The van der Waals surface area contributed by atoms with E-state index in [1.807, 2.05) is 0 Å². The van der Waals surface area contributed by atoms with Gasteiger partial charge in [0.25, 0.3) is 0 Å². The number of benzene rings is 1. The van der Waals surface area contributed by atoms with Crippen molar-refractivity contribution in [3.63, 3.8) is 0 Å². The standard InChI is InChI=1S/C12H10FN3O2/c13-9-5-8(14)2-3-10(9)18-11-4-1-7(6-16-11)12(15)17/h1-6H,14H2,(H2,15,17). The number of rotatable bonds is 3. The number of ether oxygens (including phenoxy) is 1. The van der Waals surface area contributed by atoms with Crippen molar-refractivity contribution in [2.75, 3.05) is 5.73 Å². The Morgan fingerprint density at radius 2 is 2.06 bits per heavy atom. The number of anilines is 1. The predicted octanol–water partition coefficient (Wildman–Crippen LogP) is 1.69. The van der Waals surface area contributed by atoms with Crippen molar-refractivity contribution in [1.29, 1.82) is 0 Å². The van der Waals surface area contributed by atoms with Crippen LogP contribution in [-0.2, 0) is 0 Å². The number of hydrogen-bond acceptors (Lipinski definition) is 4. The van der Waals surface area contributed by atoms with Gasteiger partial charge in [0, 0.05) is 24.0 Å². The number of aromatic nitrogens is 1. The van der Waals surface area contributed by atoms with Crippen molar-refractivity contribution >= 4 is 11.6 Å². The van der Waals surface area contributed by atoms with Gasteiger partial charge in [-0.3, -0.25) is 4.79 Å². The van der Waals surface area contributed by atoms with Crippen LogP contribution in [0.15, 0.2) is 36.5 Å². The Bertz CT molecular complexity index is 584. The minimum Gasteiger partial charge on any atom is -0.436 e. The van der Waals surface area contributed by atoms with Gasteiger partial charge in [-0.15, -0.1) is 0 Å². The molecule has 2 aromatic rings. The molecule has 18 heavy (non-hydrogen) atoms. The summed E-state index contributed by atoms with van der Waals surface area (Å²) in [7, 11) is 0. The van der Waals surface area contributed by atoms with Gasteiger partial charge in [0.2, 0.25) is 11.8 Å². The average molecular weight is 247 g/mol. The van der Waals surface area contributed by atoms with E-state index in [-0.39, 0.29) is 17.2 Å². The molecular formula is C12H10FN3O2. The van der Waals surface area contributed by atoms with Gasteiger partial charge in [-0.1, -0.05) is 0 Å². The lowest BCUT2D eigenvalue weighted by Crippen LogP contribution is -2.10. The predicted molar refractivity (Wildman–Crippen MR) is 63.6 cm³/mol. The third kappa shape index (κ3) is 2.54. The third-order valence-corrected chi connectivity index (χ3v) is 2.19. The van der Waals surface area contributed by atoms with Crippen LogP contribution in [0.2, 0.25) is 0 Å². The molecule has 0 saturated carbocycles. The normalized spacial score (nSPS) is 10.1. The molecule has 5 nitrogen and oxygen atoms in total. The van der Waals surface area contributed by atoms with Crippen LogP contribution in [0.3, 0.4) is 0 Å². The Kier molecular flexibility index (Phi) is 3.09. The van der Waals surface area contributed by atoms with Crippen LogP contribution in [0.1, 0.15) is 10.4 Å². The van der Waals surface area contributed by atoms with Crippen LogP contribution in [0, 0.1) is 5.82 Å². The minimum atomic E-state index is -0.590. The van der Waals surface area contributed by atoms with Gasteiger partial charge >= 0.3 is 0 Å². The van der Waals surface area contributed by atoms with Crippen molar-refractivity contribution in [2.24, 2.45) is 5.73 Å². The summed E-state index contributed by atoms with van der Waals surface area (Å²) < 4.78 is 18.6. The third-order valence-electron chi connectivity index (χ3n) is 2.19. The molecule has 0 saturated heterocycles. The molecule has 0 radical (unpaired) electrons. The minimum absolute atomic E-state index is 0.00326. The van der Waals surface area contributed by atoms with Crippen molar-refractivity contribution in [1.82, 2.24) is 4.98 Å². The molecule has 0 spiro atoms. The molecule has 4 N–H and O–H groups in total. The summed E-state index contributed by atoms with van der Waals surface area (Å²) in [6.45, 7) is 0. The van der Waals surface area contributed by atoms with Crippen molar-refractivity contribution in [3.8, 4) is 11.6 Å². The van der Waals surface area contributed by atoms with Gasteiger partial charge in [0.05, 0.1) is 5.56 Å². The fourth-order valence-electron chi connectivity index (χ4n) is 1.30. The molecule has 6 heteroatoms. The van der Waals surface area contributed by atoms with E-state index in [0.29, 0.717) is 5.69 Å². The summed E-state index contributed by atoms with van der Waals surface area (Å²) in [6.07, 6.45) is 1.26. The van der Waals surface area contributed by atoms with Crippen molar-refractivity contribution < 1.29 is 13.9 Å². The molecule has 0 aliphatic carbocycles. The largest absolute Gasteiger partial charge is 0.436 e. The Labute approximate surface area is 102 Å². The highest BCUT2D eigenvalue weighted by atomic mass is 19.1. The molecule has 0 aliphatic rings. The average Bonchev–Trinajstić information content (AvgIpc) is 2.33. The summed E-state index contributed by atoms with van der Waals surface area (Å²) in [5, 5.41) is 0. The highest BCUT2D eigenvalue weighted by molar-refractivity contribution is 5.92. The lowest BCUT2D eigenvalue weighted by Gasteiger charge is -2.06. The molecule has 0 unspecified atom stereocenters. The van der Waals surface area contributed by atoms with E-state index in [2.05, 4.69) is 4.98 Å². The quantitative estimate of drug-likeness (QED) is 0.807. The van der Waals surface area contributed by atoms with E-state index >= 15 is 0 Å². The second kappa shape index (κ2) is 4.70. The van der Waals surface area contributed by atoms with E-state index in [0.717, 1.165) is 6.07 Å². The monoisotopic (exact) mass is 247 g/mol. The number of nitrogens with two attached hydrogens (primary N) is 2. The highest BCUT2D eigenvalue weighted by Gasteiger charge is 2.07. The number of nitrogens with zero attached hydrogens (tertiary/aromatic N) is 1. The SMILES string of the molecule is NC(=O)c1ccc(Oc2ccc(N)cc2F)nc1. The molecule has 0 atom stereocenters. The smallest absolute Gasteiger partial charge is 0.250 e.